The molecule has 7 nitrogen and oxygen atoms in total. The molecule has 0 spiro atoms. The molecule has 136 valence electrons. The van der Waals surface area contributed by atoms with Crippen LogP contribution in [0.5, 0.6) is 0 Å². The molecule has 2 amide bonds. The van der Waals surface area contributed by atoms with E-state index in [-0.39, 0.29) is 17.9 Å². The van der Waals surface area contributed by atoms with Crippen molar-refractivity contribution in [1.82, 2.24) is 20.5 Å². The molecule has 3 heterocycles. The van der Waals surface area contributed by atoms with Crippen LogP contribution in [0.1, 0.15) is 25.7 Å². The van der Waals surface area contributed by atoms with Crippen LogP contribution in [-0.4, -0.2) is 60.5 Å². The summed E-state index contributed by atoms with van der Waals surface area (Å²) < 4.78 is 0. The fourth-order valence-corrected chi connectivity index (χ4v) is 3.46. The van der Waals surface area contributed by atoms with E-state index in [1.165, 1.54) is 0 Å². The summed E-state index contributed by atoms with van der Waals surface area (Å²) >= 11 is 0. The number of rotatable bonds is 6. The van der Waals surface area contributed by atoms with Gasteiger partial charge in [-0.3, -0.25) is 14.5 Å². The van der Waals surface area contributed by atoms with E-state index in [1.54, 1.807) is 6.20 Å². The maximum absolute atomic E-state index is 12.3. The molecule has 1 aromatic rings. The molecule has 2 fully saturated rings. The predicted octanol–water partition coefficient (Wildman–Crippen LogP) is 0.600. The zero-order valence-corrected chi connectivity index (χ0v) is 14.5. The summed E-state index contributed by atoms with van der Waals surface area (Å²) in [4.78, 5) is 30.6. The summed E-state index contributed by atoms with van der Waals surface area (Å²) in [5.41, 5.74) is 0. The number of aromatic nitrogens is 1. The van der Waals surface area contributed by atoms with Crippen LogP contribution >= 0.6 is 0 Å². The molecule has 3 N–H and O–H groups in total. The van der Waals surface area contributed by atoms with Gasteiger partial charge in [-0.05, 0) is 50.3 Å². The standard InChI is InChI=1S/C18H27N5O2/c24-17(22-15-5-1-3-9-20-18(15)25)13-23-10-7-14(12-23)11-21-16-6-2-4-8-19-16/h2,4,6,8,14-15H,1,3,5,7,9-13H2,(H,19,21)(H,20,25)(H,22,24)/t14-,15+/m1/s1. The zero-order chi connectivity index (χ0) is 17.5. The molecule has 3 rings (SSSR count). The van der Waals surface area contributed by atoms with Gasteiger partial charge in [0.1, 0.15) is 11.9 Å². The minimum absolute atomic E-state index is 0.0512. The van der Waals surface area contributed by atoms with E-state index >= 15 is 0 Å². The average molecular weight is 345 g/mol. The lowest BCUT2D eigenvalue weighted by Crippen LogP contribution is -2.48. The van der Waals surface area contributed by atoms with Crippen LogP contribution in [0.2, 0.25) is 0 Å². The Balaban J connectivity index is 1.38. The van der Waals surface area contributed by atoms with Crippen molar-refractivity contribution >= 4 is 17.6 Å². The lowest BCUT2D eigenvalue weighted by Gasteiger charge is -2.19. The normalized spacial score (nSPS) is 24.4. The van der Waals surface area contributed by atoms with Gasteiger partial charge in [-0.2, -0.15) is 0 Å². The van der Waals surface area contributed by atoms with E-state index < -0.39 is 0 Å². The number of carbonyl (C=O) groups excluding carboxylic acids is 2. The number of amides is 2. The van der Waals surface area contributed by atoms with Crippen LogP contribution in [0.15, 0.2) is 24.4 Å². The van der Waals surface area contributed by atoms with Crippen molar-refractivity contribution in [3.63, 3.8) is 0 Å². The van der Waals surface area contributed by atoms with Crippen molar-refractivity contribution in [3.05, 3.63) is 24.4 Å². The number of pyridine rings is 1. The first-order chi connectivity index (χ1) is 12.2. The van der Waals surface area contributed by atoms with Crippen molar-refractivity contribution in [2.75, 3.05) is 38.0 Å². The summed E-state index contributed by atoms with van der Waals surface area (Å²) in [6.45, 7) is 3.75. The van der Waals surface area contributed by atoms with Crippen LogP contribution in [0.3, 0.4) is 0 Å². The summed E-state index contributed by atoms with van der Waals surface area (Å²) in [7, 11) is 0. The Labute approximate surface area is 148 Å². The van der Waals surface area contributed by atoms with Gasteiger partial charge >= 0.3 is 0 Å². The highest BCUT2D eigenvalue weighted by molar-refractivity contribution is 5.88. The third kappa shape index (κ3) is 5.42. The van der Waals surface area contributed by atoms with Crippen molar-refractivity contribution in [3.8, 4) is 0 Å². The van der Waals surface area contributed by atoms with Gasteiger partial charge in [0.05, 0.1) is 6.54 Å². The van der Waals surface area contributed by atoms with Gasteiger partial charge in [0.2, 0.25) is 11.8 Å². The maximum Gasteiger partial charge on any atom is 0.242 e. The first kappa shape index (κ1) is 17.7. The quantitative estimate of drug-likeness (QED) is 0.703. The third-order valence-electron chi connectivity index (χ3n) is 4.84. The molecule has 1 aromatic heterocycles. The second-order valence-corrected chi connectivity index (χ2v) is 6.89. The SMILES string of the molecule is O=C(CN1CC[C@H](CNc2ccccn2)C1)N[C@H]1CCCCNC1=O. The van der Waals surface area contributed by atoms with Gasteiger partial charge in [-0.25, -0.2) is 4.98 Å². The van der Waals surface area contributed by atoms with E-state index in [2.05, 4.69) is 25.8 Å². The molecule has 0 aromatic carbocycles. The molecule has 0 aliphatic carbocycles. The molecular formula is C18H27N5O2. The molecule has 0 bridgehead atoms. The molecule has 2 aliphatic heterocycles. The van der Waals surface area contributed by atoms with E-state index in [0.717, 1.165) is 51.1 Å². The summed E-state index contributed by atoms with van der Waals surface area (Å²) in [6, 6.07) is 5.44. The van der Waals surface area contributed by atoms with Gasteiger partial charge in [-0.15, -0.1) is 0 Å². The Bertz CT molecular complexity index is 580. The van der Waals surface area contributed by atoms with Crippen LogP contribution in [0.4, 0.5) is 5.82 Å². The molecule has 2 saturated heterocycles. The average Bonchev–Trinajstić information content (AvgIpc) is 2.96. The predicted molar refractivity (Wildman–Crippen MR) is 96.1 cm³/mol. The Morgan fingerprint density at radius 2 is 2.24 bits per heavy atom. The highest BCUT2D eigenvalue weighted by atomic mass is 16.2. The van der Waals surface area contributed by atoms with Crippen molar-refractivity contribution < 1.29 is 9.59 Å². The lowest BCUT2D eigenvalue weighted by atomic mass is 10.1. The molecule has 0 radical (unpaired) electrons. The first-order valence-corrected chi connectivity index (χ1v) is 9.15. The van der Waals surface area contributed by atoms with Gasteiger partial charge < -0.3 is 16.0 Å². The van der Waals surface area contributed by atoms with E-state index in [1.807, 2.05) is 18.2 Å². The number of anilines is 1. The molecule has 2 aliphatic rings. The minimum Gasteiger partial charge on any atom is -0.370 e. The second kappa shape index (κ2) is 8.80. The summed E-state index contributed by atoms with van der Waals surface area (Å²) in [6.07, 6.45) is 5.52. The van der Waals surface area contributed by atoms with Gasteiger partial charge in [0.25, 0.3) is 0 Å². The number of nitrogens with zero attached hydrogens (tertiary/aromatic N) is 2. The summed E-state index contributed by atoms with van der Waals surface area (Å²) in [5.74, 6) is 1.29. The lowest BCUT2D eigenvalue weighted by molar-refractivity contribution is -0.129. The van der Waals surface area contributed by atoms with Crippen LogP contribution < -0.4 is 16.0 Å². The van der Waals surface area contributed by atoms with Crippen molar-refractivity contribution in [1.29, 1.82) is 0 Å². The number of hydrogen-bond donors (Lipinski definition) is 3. The van der Waals surface area contributed by atoms with Gasteiger partial charge in [-0.1, -0.05) is 6.07 Å². The Hall–Kier alpha value is -2.15. The topological polar surface area (TPSA) is 86.4 Å². The molecular weight excluding hydrogens is 318 g/mol. The second-order valence-electron chi connectivity index (χ2n) is 6.89. The highest BCUT2D eigenvalue weighted by Gasteiger charge is 2.26. The molecule has 0 saturated carbocycles. The number of carbonyl (C=O) groups is 2. The third-order valence-corrected chi connectivity index (χ3v) is 4.84. The fourth-order valence-electron chi connectivity index (χ4n) is 3.46. The van der Waals surface area contributed by atoms with Crippen LogP contribution in [-0.2, 0) is 9.59 Å². The van der Waals surface area contributed by atoms with E-state index in [0.29, 0.717) is 19.0 Å². The zero-order valence-electron chi connectivity index (χ0n) is 14.5. The molecule has 25 heavy (non-hydrogen) atoms. The maximum atomic E-state index is 12.3. The fraction of sp³-hybridized carbons (Fsp3) is 0.611. The van der Waals surface area contributed by atoms with E-state index in [4.69, 9.17) is 0 Å². The molecule has 7 heteroatoms. The molecule has 0 unspecified atom stereocenters. The largest absolute Gasteiger partial charge is 0.370 e. The van der Waals surface area contributed by atoms with E-state index in [9.17, 15) is 9.59 Å². The Morgan fingerprint density at radius 3 is 3.08 bits per heavy atom. The van der Waals surface area contributed by atoms with Crippen molar-refractivity contribution in [2.24, 2.45) is 5.92 Å². The minimum atomic E-state index is -0.376. The van der Waals surface area contributed by atoms with Gasteiger partial charge in [0.15, 0.2) is 0 Å². The van der Waals surface area contributed by atoms with Crippen LogP contribution in [0, 0.1) is 5.92 Å². The number of likely N-dealkylation sites (tertiary alicyclic amines) is 1. The summed E-state index contributed by atoms with van der Waals surface area (Å²) in [5, 5.41) is 9.09. The van der Waals surface area contributed by atoms with Crippen LogP contribution in [0.25, 0.3) is 0 Å². The monoisotopic (exact) mass is 345 g/mol. The van der Waals surface area contributed by atoms with Crippen molar-refractivity contribution in [2.45, 2.75) is 31.7 Å². The molecule has 2 atom stereocenters. The first-order valence-electron chi connectivity index (χ1n) is 9.15. The smallest absolute Gasteiger partial charge is 0.242 e. The Kier molecular flexibility index (Phi) is 6.22. The van der Waals surface area contributed by atoms with Gasteiger partial charge in [0, 0.05) is 25.8 Å². The Morgan fingerprint density at radius 1 is 1.32 bits per heavy atom. The number of nitrogens with one attached hydrogen (secondary N) is 3. The highest BCUT2D eigenvalue weighted by Crippen LogP contribution is 2.16. The number of hydrogen-bond acceptors (Lipinski definition) is 5.